The van der Waals surface area contributed by atoms with Crippen LogP contribution in [0.4, 0.5) is 10.6 Å². The van der Waals surface area contributed by atoms with Crippen LogP contribution in [0.25, 0.3) is 11.0 Å². The van der Waals surface area contributed by atoms with Gasteiger partial charge in [0, 0.05) is 51.4 Å². The van der Waals surface area contributed by atoms with Crippen molar-refractivity contribution in [1.82, 2.24) is 25.2 Å². The van der Waals surface area contributed by atoms with Crippen LogP contribution in [0.1, 0.15) is 11.4 Å². The molecular weight excluding hydrogens is 368 g/mol. The van der Waals surface area contributed by atoms with Crippen LogP contribution in [0.2, 0.25) is 0 Å². The number of piperazine rings is 1. The van der Waals surface area contributed by atoms with Gasteiger partial charge in [-0.25, -0.2) is 14.8 Å². The Labute approximate surface area is 169 Å². The van der Waals surface area contributed by atoms with Crippen molar-refractivity contribution in [3.63, 3.8) is 0 Å². The first-order valence-corrected chi connectivity index (χ1v) is 9.86. The van der Waals surface area contributed by atoms with E-state index in [1.807, 2.05) is 35.4 Å². The third kappa shape index (κ3) is 4.26. The first kappa shape index (κ1) is 19.0. The van der Waals surface area contributed by atoms with E-state index in [9.17, 15) is 4.79 Å². The molecule has 0 saturated carbocycles. The minimum atomic E-state index is -0.0276. The zero-order chi connectivity index (χ0) is 20.2. The molecule has 1 saturated heterocycles. The van der Waals surface area contributed by atoms with Gasteiger partial charge in [0.05, 0.1) is 18.1 Å². The van der Waals surface area contributed by atoms with Crippen molar-refractivity contribution in [2.45, 2.75) is 13.3 Å². The number of pyridine rings is 1. The molecule has 0 radical (unpaired) electrons. The van der Waals surface area contributed by atoms with Gasteiger partial charge in [0.2, 0.25) is 0 Å². The molecule has 8 nitrogen and oxygen atoms in total. The first-order valence-electron chi connectivity index (χ1n) is 9.86. The zero-order valence-electron chi connectivity index (χ0n) is 16.8. The van der Waals surface area contributed by atoms with Crippen LogP contribution < -0.4 is 15.0 Å². The van der Waals surface area contributed by atoms with Crippen LogP contribution in [0.3, 0.4) is 0 Å². The lowest BCUT2D eigenvalue weighted by atomic mass is 10.2. The monoisotopic (exact) mass is 394 g/mol. The van der Waals surface area contributed by atoms with Gasteiger partial charge in [-0.15, -0.1) is 0 Å². The Balaban J connectivity index is 1.26. The number of amides is 2. The van der Waals surface area contributed by atoms with E-state index < -0.39 is 0 Å². The molecule has 2 amide bonds. The first-order chi connectivity index (χ1) is 14.1. The number of imidazole rings is 1. The summed E-state index contributed by atoms with van der Waals surface area (Å²) in [7, 11) is 1.64. The number of anilines is 1. The van der Waals surface area contributed by atoms with Gasteiger partial charge in [0.25, 0.3) is 0 Å². The average Bonchev–Trinajstić information content (AvgIpc) is 3.16. The number of urea groups is 1. The van der Waals surface area contributed by atoms with E-state index in [1.165, 1.54) is 0 Å². The van der Waals surface area contributed by atoms with Crippen LogP contribution >= 0.6 is 0 Å². The van der Waals surface area contributed by atoms with E-state index >= 15 is 0 Å². The van der Waals surface area contributed by atoms with E-state index in [0.717, 1.165) is 47.1 Å². The number of H-pyrrole nitrogens is 1. The number of aromatic nitrogens is 3. The Bertz CT molecular complexity index is 994. The van der Waals surface area contributed by atoms with Crippen molar-refractivity contribution in [1.29, 1.82) is 0 Å². The second-order valence-electron chi connectivity index (χ2n) is 7.17. The number of ether oxygens (including phenoxy) is 1. The van der Waals surface area contributed by atoms with Crippen molar-refractivity contribution in [3.8, 4) is 5.75 Å². The SMILES string of the molecule is COc1ccc2nc(CCNC(=O)N3CCN(c4ncccc4C)CC3)[nH]c2c1. The summed E-state index contributed by atoms with van der Waals surface area (Å²) in [5.41, 5.74) is 2.99. The smallest absolute Gasteiger partial charge is 0.317 e. The third-order valence-corrected chi connectivity index (χ3v) is 5.22. The number of fused-ring (bicyclic) bond motifs is 1. The second kappa shape index (κ2) is 8.38. The Morgan fingerprint density at radius 3 is 2.83 bits per heavy atom. The number of benzene rings is 1. The molecule has 29 heavy (non-hydrogen) atoms. The molecule has 0 spiro atoms. The van der Waals surface area contributed by atoms with Crippen molar-refractivity contribution < 1.29 is 9.53 Å². The predicted molar refractivity (Wildman–Crippen MR) is 113 cm³/mol. The number of aromatic amines is 1. The molecular formula is C21H26N6O2. The number of rotatable bonds is 5. The van der Waals surface area contributed by atoms with Gasteiger partial charge in [0.1, 0.15) is 17.4 Å². The van der Waals surface area contributed by atoms with Crippen LogP contribution in [0, 0.1) is 6.92 Å². The van der Waals surface area contributed by atoms with Crippen LogP contribution in [0.15, 0.2) is 36.5 Å². The minimum Gasteiger partial charge on any atom is -0.497 e. The van der Waals surface area contributed by atoms with Gasteiger partial charge in [-0.05, 0) is 30.7 Å². The Morgan fingerprint density at radius 1 is 1.24 bits per heavy atom. The molecule has 1 aliphatic rings. The fourth-order valence-corrected chi connectivity index (χ4v) is 3.62. The molecule has 2 N–H and O–H groups in total. The lowest BCUT2D eigenvalue weighted by molar-refractivity contribution is 0.194. The highest BCUT2D eigenvalue weighted by Gasteiger charge is 2.22. The van der Waals surface area contributed by atoms with Gasteiger partial charge < -0.3 is 24.8 Å². The lowest BCUT2D eigenvalue weighted by Crippen LogP contribution is -2.52. The Hall–Kier alpha value is -3.29. The molecule has 4 rings (SSSR count). The number of aryl methyl sites for hydroxylation is 1. The number of nitrogens with one attached hydrogen (secondary N) is 2. The molecule has 1 aliphatic heterocycles. The highest BCUT2D eigenvalue weighted by molar-refractivity contribution is 5.77. The molecule has 1 aromatic carbocycles. The summed E-state index contributed by atoms with van der Waals surface area (Å²) in [6, 6.07) is 9.72. The highest BCUT2D eigenvalue weighted by atomic mass is 16.5. The normalized spacial score (nSPS) is 14.3. The molecule has 3 aromatic rings. The minimum absolute atomic E-state index is 0.0276. The molecule has 0 aliphatic carbocycles. The quantitative estimate of drug-likeness (QED) is 0.694. The Morgan fingerprint density at radius 2 is 2.07 bits per heavy atom. The summed E-state index contributed by atoms with van der Waals surface area (Å²) in [5.74, 6) is 2.65. The fourth-order valence-electron chi connectivity index (χ4n) is 3.62. The molecule has 8 heteroatoms. The van der Waals surface area contributed by atoms with Gasteiger partial charge >= 0.3 is 6.03 Å². The summed E-state index contributed by atoms with van der Waals surface area (Å²) < 4.78 is 5.24. The standard InChI is InChI=1S/C21H26N6O2/c1-15-4-3-8-22-20(15)26-10-12-27(13-11-26)21(28)23-9-7-19-24-17-6-5-16(29-2)14-18(17)25-19/h3-6,8,14H,7,9-13H2,1-2H3,(H,23,28)(H,24,25). The number of hydrogen-bond acceptors (Lipinski definition) is 5. The second-order valence-corrected chi connectivity index (χ2v) is 7.17. The molecule has 1 fully saturated rings. The molecule has 0 unspecified atom stereocenters. The maximum atomic E-state index is 12.5. The average molecular weight is 394 g/mol. The third-order valence-electron chi connectivity index (χ3n) is 5.22. The van der Waals surface area contributed by atoms with Crippen LogP contribution in [-0.4, -0.2) is 65.7 Å². The van der Waals surface area contributed by atoms with Crippen molar-refractivity contribution in [3.05, 3.63) is 47.9 Å². The molecule has 3 heterocycles. The van der Waals surface area contributed by atoms with Crippen LogP contribution in [0.5, 0.6) is 5.75 Å². The van der Waals surface area contributed by atoms with E-state index in [1.54, 1.807) is 7.11 Å². The maximum absolute atomic E-state index is 12.5. The van der Waals surface area contributed by atoms with Crippen molar-refractivity contribution in [2.24, 2.45) is 0 Å². The van der Waals surface area contributed by atoms with Gasteiger partial charge in [-0.2, -0.15) is 0 Å². The van der Waals surface area contributed by atoms with Crippen LogP contribution in [-0.2, 0) is 6.42 Å². The predicted octanol–water partition coefficient (Wildman–Crippen LogP) is 2.35. The Kier molecular flexibility index (Phi) is 5.50. The number of carbonyl (C=O) groups excluding carboxylic acids is 1. The van der Waals surface area contributed by atoms with Gasteiger partial charge in [0.15, 0.2) is 0 Å². The summed E-state index contributed by atoms with van der Waals surface area (Å²) in [6.45, 7) is 5.55. The molecule has 0 bridgehead atoms. The van der Waals surface area contributed by atoms with Gasteiger partial charge in [-0.3, -0.25) is 0 Å². The van der Waals surface area contributed by atoms with Crippen molar-refractivity contribution in [2.75, 3.05) is 44.7 Å². The molecule has 152 valence electrons. The van der Waals surface area contributed by atoms with E-state index in [0.29, 0.717) is 26.1 Å². The molecule has 2 aromatic heterocycles. The summed E-state index contributed by atoms with van der Waals surface area (Å²) in [6.07, 6.45) is 2.46. The maximum Gasteiger partial charge on any atom is 0.317 e. The van der Waals surface area contributed by atoms with E-state index in [4.69, 9.17) is 4.74 Å². The number of nitrogens with zero attached hydrogens (tertiary/aromatic N) is 4. The number of methoxy groups -OCH3 is 1. The molecule has 0 atom stereocenters. The largest absolute Gasteiger partial charge is 0.497 e. The van der Waals surface area contributed by atoms with Gasteiger partial charge in [-0.1, -0.05) is 6.07 Å². The summed E-state index contributed by atoms with van der Waals surface area (Å²) in [5, 5.41) is 3.00. The van der Waals surface area contributed by atoms with Crippen molar-refractivity contribution >= 4 is 22.9 Å². The van der Waals surface area contributed by atoms with E-state index in [2.05, 4.69) is 38.2 Å². The van der Waals surface area contributed by atoms with E-state index in [-0.39, 0.29) is 6.03 Å². The number of hydrogen-bond donors (Lipinski definition) is 2. The fraction of sp³-hybridized carbons (Fsp3) is 0.381. The topological polar surface area (TPSA) is 86.4 Å². The lowest BCUT2D eigenvalue weighted by Gasteiger charge is -2.35. The number of carbonyl (C=O) groups is 1. The summed E-state index contributed by atoms with van der Waals surface area (Å²) >= 11 is 0. The summed E-state index contributed by atoms with van der Waals surface area (Å²) in [4.78, 5) is 28.9. The zero-order valence-corrected chi connectivity index (χ0v) is 16.8. The highest BCUT2D eigenvalue weighted by Crippen LogP contribution is 2.19.